The fraction of sp³-hybridized carbons (Fsp3) is 0.667. The van der Waals surface area contributed by atoms with Crippen LogP contribution in [0.5, 0.6) is 0 Å². The first-order chi connectivity index (χ1) is 8.22. The molecule has 2 fully saturated rings. The number of hydrogen-bond acceptors (Lipinski definition) is 4. The van der Waals surface area contributed by atoms with E-state index < -0.39 is 0 Å². The van der Waals surface area contributed by atoms with Crippen molar-refractivity contribution in [1.29, 1.82) is 0 Å². The molecule has 0 unspecified atom stereocenters. The molecule has 0 spiro atoms. The van der Waals surface area contributed by atoms with Crippen LogP contribution in [0.15, 0.2) is 11.2 Å². The number of anilines is 1. The number of nitrogens with one attached hydrogen (secondary N) is 1. The molecule has 3 rings (SSSR count). The summed E-state index contributed by atoms with van der Waals surface area (Å²) in [5.41, 5.74) is 0.580. The summed E-state index contributed by atoms with van der Waals surface area (Å²) in [6.45, 7) is 1.04. The third-order valence-corrected chi connectivity index (χ3v) is 4.56. The Kier molecular flexibility index (Phi) is 2.95. The van der Waals surface area contributed by atoms with Gasteiger partial charge in [-0.15, -0.1) is 0 Å². The molecular weight excluding hydrogens is 254 g/mol. The number of rotatable bonds is 5. The van der Waals surface area contributed by atoms with Crippen molar-refractivity contribution in [3.05, 3.63) is 11.2 Å². The Morgan fingerprint density at radius 3 is 2.82 bits per heavy atom. The van der Waals surface area contributed by atoms with Gasteiger partial charge in [0.05, 0.1) is 0 Å². The minimum absolute atomic E-state index is 0.517. The molecule has 1 aromatic heterocycles. The smallest absolute Gasteiger partial charge is 0.190 e. The molecule has 0 aliphatic heterocycles. The Morgan fingerprint density at radius 1 is 1.47 bits per heavy atom. The Balaban J connectivity index is 1.66. The van der Waals surface area contributed by atoms with Gasteiger partial charge in [0, 0.05) is 12.6 Å². The zero-order valence-corrected chi connectivity index (χ0v) is 11.4. The van der Waals surface area contributed by atoms with Crippen molar-refractivity contribution in [2.75, 3.05) is 18.1 Å². The lowest BCUT2D eigenvalue weighted by Gasteiger charge is -2.15. The van der Waals surface area contributed by atoms with Gasteiger partial charge in [-0.2, -0.15) is 0 Å². The first-order valence-corrected chi connectivity index (χ1v) is 7.65. The molecule has 2 aliphatic carbocycles. The highest BCUT2D eigenvalue weighted by Crippen LogP contribution is 2.61. The maximum absolute atomic E-state index is 5.96. The van der Waals surface area contributed by atoms with E-state index in [0.717, 1.165) is 23.4 Å². The predicted octanol–water partition coefficient (Wildman–Crippen LogP) is 3.45. The molecule has 0 bridgehead atoms. The van der Waals surface area contributed by atoms with Crippen molar-refractivity contribution in [1.82, 2.24) is 9.97 Å². The van der Waals surface area contributed by atoms with Crippen LogP contribution >= 0.6 is 23.4 Å². The topological polar surface area (TPSA) is 37.8 Å². The summed E-state index contributed by atoms with van der Waals surface area (Å²) in [7, 11) is 0. The number of hydrogen-bond donors (Lipinski definition) is 1. The van der Waals surface area contributed by atoms with Crippen LogP contribution < -0.4 is 5.32 Å². The molecule has 2 aliphatic rings. The van der Waals surface area contributed by atoms with Crippen LogP contribution in [0.2, 0.25) is 5.15 Å². The summed E-state index contributed by atoms with van der Waals surface area (Å²) in [5.74, 6) is 1.83. The maximum atomic E-state index is 5.96. The molecule has 1 heterocycles. The molecule has 92 valence electrons. The van der Waals surface area contributed by atoms with Crippen LogP contribution in [-0.2, 0) is 0 Å². The number of halogens is 1. The summed E-state index contributed by atoms with van der Waals surface area (Å²) in [6, 6.07) is 1.81. The third-order valence-electron chi connectivity index (χ3n) is 3.81. The summed E-state index contributed by atoms with van der Waals surface area (Å²) in [5, 5.41) is 4.68. The van der Waals surface area contributed by atoms with Gasteiger partial charge in [0.2, 0.25) is 0 Å². The largest absolute Gasteiger partial charge is 0.369 e. The zero-order valence-electron chi connectivity index (χ0n) is 9.87. The highest BCUT2D eigenvalue weighted by molar-refractivity contribution is 7.98. The van der Waals surface area contributed by atoms with Gasteiger partial charge in [0.25, 0.3) is 0 Å². The van der Waals surface area contributed by atoms with Crippen LogP contribution in [0, 0.1) is 11.3 Å². The van der Waals surface area contributed by atoms with Crippen molar-refractivity contribution < 1.29 is 0 Å². The normalized spacial score (nSPS) is 21.3. The highest BCUT2D eigenvalue weighted by Gasteiger charge is 2.53. The van der Waals surface area contributed by atoms with Gasteiger partial charge in [-0.3, -0.25) is 0 Å². The maximum Gasteiger partial charge on any atom is 0.190 e. The minimum atomic E-state index is 0.517. The lowest BCUT2D eigenvalue weighted by Crippen LogP contribution is -2.18. The van der Waals surface area contributed by atoms with Crippen LogP contribution in [-0.4, -0.2) is 22.8 Å². The SMILES string of the molecule is CSc1nc(Cl)cc(NCC2(C3CC3)CC2)n1. The van der Waals surface area contributed by atoms with Crippen LogP contribution in [0.4, 0.5) is 5.82 Å². The van der Waals surface area contributed by atoms with Gasteiger partial charge in [-0.25, -0.2) is 9.97 Å². The van der Waals surface area contributed by atoms with E-state index in [-0.39, 0.29) is 0 Å². The van der Waals surface area contributed by atoms with Crippen molar-refractivity contribution in [2.45, 2.75) is 30.8 Å². The monoisotopic (exact) mass is 269 g/mol. The number of thioether (sulfide) groups is 1. The first-order valence-electron chi connectivity index (χ1n) is 6.04. The standard InChI is InChI=1S/C12H16ClN3S/c1-17-11-15-9(13)6-10(16-11)14-7-12(4-5-12)8-2-3-8/h6,8H,2-5,7H2,1H3,(H,14,15,16). The molecule has 0 amide bonds. The Hall–Kier alpha value is -0.480. The Labute approximate surface area is 111 Å². The summed E-state index contributed by atoms with van der Waals surface area (Å²) in [4.78, 5) is 8.56. The third kappa shape index (κ3) is 2.52. The van der Waals surface area contributed by atoms with Crippen LogP contribution in [0.25, 0.3) is 0 Å². The van der Waals surface area contributed by atoms with E-state index in [4.69, 9.17) is 11.6 Å². The van der Waals surface area contributed by atoms with Gasteiger partial charge < -0.3 is 5.32 Å². The van der Waals surface area contributed by atoms with Gasteiger partial charge in [0.15, 0.2) is 5.16 Å². The number of nitrogens with zero attached hydrogens (tertiary/aromatic N) is 2. The zero-order chi connectivity index (χ0) is 11.9. The molecule has 0 atom stereocenters. The van der Waals surface area contributed by atoms with E-state index >= 15 is 0 Å². The summed E-state index contributed by atoms with van der Waals surface area (Å²) in [6.07, 6.45) is 7.55. The van der Waals surface area contributed by atoms with Crippen molar-refractivity contribution in [2.24, 2.45) is 11.3 Å². The number of aromatic nitrogens is 2. The average Bonchev–Trinajstić information content (AvgIpc) is 3.15. The summed E-state index contributed by atoms with van der Waals surface area (Å²) >= 11 is 7.48. The molecule has 1 aromatic rings. The van der Waals surface area contributed by atoms with E-state index in [1.165, 1.54) is 37.4 Å². The second-order valence-electron chi connectivity index (χ2n) is 5.05. The van der Waals surface area contributed by atoms with E-state index in [1.807, 2.05) is 12.3 Å². The van der Waals surface area contributed by atoms with Gasteiger partial charge in [0.1, 0.15) is 11.0 Å². The van der Waals surface area contributed by atoms with E-state index in [0.29, 0.717) is 10.6 Å². The molecule has 0 radical (unpaired) electrons. The van der Waals surface area contributed by atoms with Gasteiger partial charge in [-0.1, -0.05) is 23.4 Å². The molecule has 3 nitrogen and oxygen atoms in total. The molecule has 17 heavy (non-hydrogen) atoms. The molecule has 5 heteroatoms. The molecule has 0 aromatic carbocycles. The van der Waals surface area contributed by atoms with Crippen LogP contribution in [0.1, 0.15) is 25.7 Å². The lowest BCUT2D eigenvalue weighted by molar-refractivity contribution is 0.466. The summed E-state index contributed by atoms with van der Waals surface area (Å²) < 4.78 is 0. The van der Waals surface area contributed by atoms with Crippen LogP contribution in [0.3, 0.4) is 0 Å². The quantitative estimate of drug-likeness (QED) is 0.505. The van der Waals surface area contributed by atoms with E-state index in [2.05, 4.69) is 15.3 Å². The fourth-order valence-electron chi connectivity index (χ4n) is 2.43. The Bertz CT molecular complexity index is 430. The van der Waals surface area contributed by atoms with Crippen molar-refractivity contribution in [3.63, 3.8) is 0 Å². The van der Waals surface area contributed by atoms with E-state index in [9.17, 15) is 0 Å². The van der Waals surface area contributed by atoms with Crippen molar-refractivity contribution in [3.8, 4) is 0 Å². The van der Waals surface area contributed by atoms with Gasteiger partial charge in [-0.05, 0) is 43.3 Å². The van der Waals surface area contributed by atoms with Crippen molar-refractivity contribution >= 4 is 29.2 Å². The second-order valence-corrected chi connectivity index (χ2v) is 6.21. The molecule has 0 saturated heterocycles. The predicted molar refractivity (Wildman–Crippen MR) is 71.7 cm³/mol. The highest BCUT2D eigenvalue weighted by atomic mass is 35.5. The second kappa shape index (κ2) is 4.32. The Morgan fingerprint density at radius 2 is 2.24 bits per heavy atom. The molecular formula is C12H16ClN3S. The molecule has 1 N–H and O–H groups in total. The minimum Gasteiger partial charge on any atom is -0.369 e. The lowest BCUT2D eigenvalue weighted by atomic mass is 10.0. The molecule has 2 saturated carbocycles. The fourth-order valence-corrected chi connectivity index (χ4v) is 3.04. The first kappa shape index (κ1) is 11.6. The van der Waals surface area contributed by atoms with E-state index in [1.54, 1.807) is 0 Å². The average molecular weight is 270 g/mol. The van der Waals surface area contributed by atoms with Gasteiger partial charge >= 0.3 is 0 Å².